The Labute approximate surface area is 130 Å². The molecular weight excluding hydrogens is 286 g/mol. The Hall–Kier alpha value is -1.26. The summed E-state index contributed by atoms with van der Waals surface area (Å²) in [5, 5.41) is 0.499. The Bertz CT molecular complexity index is 528. The van der Waals surface area contributed by atoms with Crippen molar-refractivity contribution in [1.82, 2.24) is 9.80 Å². The van der Waals surface area contributed by atoms with Gasteiger partial charge in [-0.05, 0) is 50.6 Å². The average Bonchev–Trinajstić information content (AvgIpc) is 3.00. The number of nitrogens with zero attached hydrogens (tertiary/aromatic N) is 2. The van der Waals surface area contributed by atoms with E-state index in [1.54, 1.807) is 18.2 Å². The van der Waals surface area contributed by atoms with Gasteiger partial charge in [-0.3, -0.25) is 9.69 Å². The lowest BCUT2D eigenvalue weighted by atomic mass is 10.1. The highest BCUT2D eigenvalue weighted by Crippen LogP contribution is 2.24. The highest BCUT2D eigenvalue weighted by molar-refractivity contribution is 6.33. The number of hydrogen-bond acceptors (Lipinski definition) is 3. The number of carbonyl (C=O) groups excluding carboxylic acids is 1. The van der Waals surface area contributed by atoms with Crippen molar-refractivity contribution < 1.29 is 4.79 Å². The molecule has 0 saturated carbocycles. The minimum Gasteiger partial charge on any atom is -0.398 e. The van der Waals surface area contributed by atoms with Crippen LogP contribution in [0.4, 0.5) is 5.69 Å². The summed E-state index contributed by atoms with van der Waals surface area (Å²) in [5.41, 5.74) is 6.89. The summed E-state index contributed by atoms with van der Waals surface area (Å²) < 4.78 is 0. The summed E-state index contributed by atoms with van der Waals surface area (Å²) in [7, 11) is 0. The lowest BCUT2D eigenvalue weighted by Gasteiger charge is -2.32. The SMILES string of the molecule is Nc1cc(C(=O)N2CCC(N3CCCCC3)C2)ccc1Cl. The Balaban J connectivity index is 1.64. The maximum absolute atomic E-state index is 12.5. The number of anilines is 1. The topological polar surface area (TPSA) is 49.6 Å². The minimum absolute atomic E-state index is 0.0675. The Morgan fingerprint density at radius 1 is 1.19 bits per heavy atom. The van der Waals surface area contributed by atoms with Gasteiger partial charge in [0.15, 0.2) is 0 Å². The van der Waals surface area contributed by atoms with Crippen LogP contribution in [0.3, 0.4) is 0 Å². The van der Waals surface area contributed by atoms with Crippen molar-refractivity contribution in [3.05, 3.63) is 28.8 Å². The molecule has 1 atom stereocenters. The van der Waals surface area contributed by atoms with E-state index in [2.05, 4.69) is 4.90 Å². The van der Waals surface area contributed by atoms with Crippen LogP contribution in [0.5, 0.6) is 0 Å². The number of likely N-dealkylation sites (tertiary alicyclic amines) is 2. The lowest BCUT2D eigenvalue weighted by Crippen LogP contribution is -2.41. The third kappa shape index (κ3) is 3.16. The zero-order valence-corrected chi connectivity index (χ0v) is 13.0. The fourth-order valence-electron chi connectivity index (χ4n) is 3.37. The molecule has 1 amide bonds. The number of hydrogen-bond donors (Lipinski definition) is 1. The van der Waals surface area contributed by atoms with E-state index in [-0.39, 0.29) is 5.91 Å². The van der Waals surface area contributed by atoms with E-state index in [4.69, 9.17) is 17.3 Å². The van der Waals surface area contributed by atoms with Crippen LogP contribution in [0, 0.1) is 0 Å². The fraction of sp³-hybridized carbons (Fsp3) is 0.562. The van der Waals surface area contributed by atoms with Gasteiger partial charge in [0.2, 0.25) is 0 Å². The molecule has 0 aromatic heterocycles. The lowest BCUT2D eigenvalue weighted by molar-refractivity contribution is 0.0771. The van der Waals surface area contributed by atoms with Gasteiger partial charge in [-0.15, -0.1) is 0 Å². The van der Waals surface area contributed by atoms with Crippen LogP contribution in [-0.2, 0) is 0 Å². The monoisotopic (exact) mass is 307 g/mol. The van der Waals surface area contributed by atoms with E-state index in [1.165, 1.54) is 32.4 Å². The molecule has 0 bridgehead atoms. The van der Waals surface area contributed by atoms with Gasteiger partial charge in [0.25, 0.3) is 5.91 Å². The predicted molar refractivity (Wildman–Crippen MR) is 85.6 cm³/mol. The van der Waals surface area contributed by atoms with Gasteiger partial charge in [-0.25, -0.2) is 0 Å². The van der Waals surface area contributed by atoms with Crippen molar-refractivity contribution >= 4 is 23.2 Å². The summed E-state index contributed by atoms with van der Waals surface area (Å²) >= 11 is 5.91. The quantitative estimate of drug-likeness (QED) is 0.855. The first-order chi connectivity index (χ1) is 10.1. The highest BCUT2D eigenvalue weighted by atomic mass is 35.5. The molecule has 4 nitrogen and oxygen atoms in total. The second-order valence-electron chi connectivity index (χ2n) is 6.03. The molecule has 0 spiro atoms. The smallest absolute Gasteiger partial charge is 0.253 e. The number of halogens is 1. The molecule has 0 radical (unpaired) electrons. The average molecular weight is 308 g/mol. The van der Waals surface area contributed by atoms with E-state index in [0.29, 0.717) is 22.3 Å². The van der Waals surface area contributed by atoms with Crippen molar-refractivity contribution in [2.45, 2.75) is 31.7 Å². The number of nitrogens with two attached hydrogens (primary N) is 1. The third-order valence-corrected chi connectivity index (χ3v) is 4.94. The first-order valence-electron chi connectivity index (χ1n) is 7.73. The van der Waals surface area contributed by atoms with Crippen LogP contribution in [0.1, 0.15) is 36.0 Å². The molecular formula is C16H22ClN3O. The van der Waals surface area contributed by atoms with Crippen molar-refractivity contribution in [2.24, 2.45) is 0 Å². The summed E-state index contributed by atoms with van der Waals surface area (Å²) in [6.45, 7) is 4.03. The molecule has 2 heterocycles. The van der Waals surface area contributed by atoms with Crippen LogP contribution in [0.25, 0.3) is 0 Å². The van der Waals surface area contributed by atoms with E-state index in [9.17, 15) is 4.79 Å². The number of amides is 1. The van der Waals surface area contributed by atoms with Crippen LogP contribution < -0.4 is 5.73 Å². The van der Waals surface area contributed by atoms with Crippen molar-refractivity contribution in [2.75, 3.05) is 31.9 Å². The number of rotatable bonds is 2. The Morgan fingerprint density at radius 2 is 1.95 bits per heavy atom. The van der Waals surface area contributed by atoms with E-state index in [1.807, 2.05) is 4.90 Å². The van der Waals surface area contributed by atoms with Gasteiger partial charge in [0, 0.05) is 24.7 Å². The summed E-state index contributed by atoms with van der Waals surface area (Å²) in [6, 6.07) is 5.66. The summed E-state index contributed by atoms with van der Waals surface area (Å²) in [5.74, 6) is 0.0675. The molecule has 1 aromatic carbocycles. The Kier molecular flexibility index (Phi) is 4.36. The second-order valence-corrected chi connectivity index (χ2v) is 6.43. The molecule has 5 heteroatoms. The van der Waals surface area contributed by atoms with Gasteiger partial charge in [-0.2, -0.15) is 0 Å². The normalized spacial score (nSPS) is 23.5. The number of benzene rings is 1. The molecule has 2 saturated heterocycles. The molecule has 3 rings (SSSR count). The third-order valence-electron chi connectivity index (χ3n) is 4.60. The number of carbonyl (C=O) groups is 1. The molecule has 2 fully saturated rings. The van der Waals surface area contributed by atoms with Gasteiger partial charge in [0.05, 0.1) is 10.7 Å². The number of nitrogen functional groups attached to an aromatic ring is 1. The van der Waals surface area contributed by atoms with Gasteiger partial charge in [0.1, 0.15) is 0 Å². The molecule has 21 heavy (non-hydrogen) atoms. The minimum atomic E-state index is 0.0675. The zero-order chi connectivity index (χ0) is 14.8. The maximum atomic E-state index is 12.5. The molecule has 114 valence electrons. The van der Waals surface area contributed by atoms with E-state index < -0.39 is 0 Å². The van der Waals surface area contributed by atoms with Crippen LogP contribution in [-0.4, -0.2) is 47.9 Å². The van der Waals surface area contributed by atoms with Crippen LogP contribution >= 0.6 is 11.6 Å². The zero-order valence-electron chi connectivity index (χ0n) is 12.2. The molecule has 0 aliphatic carbocycles. The van der Waals surface area contributed by atoms with Crippen LogP contribution in [0.15, 0.2) is 18.2 Å². The van der Waals surface area contributed by atoms with Crippen molar-refractivity contribution in [3.63, 3.8) is 0 Å². The van der Waals surface area contributed by atoms with Crippen molar-refractivity contribution in [3.8, 4) is 0 Å². The molecule has 2 N–H and O–H groups in total. The highest BCUT2D eigenvalue weighted by Gasteiger charge is 2.31. The molecule has 1 aromatic rings. The van der Waals surface area contributed by atoms with Crippen molar-refractivity contribution in [1.29, 1.82) is 0 Å². The standard InChI is InChI=1S/C16H22ClN3O/c17-14-5-4-12(10-15(14)18)16(21)20-9-6-13(11-20)19-7-2-1-3-8-19/h4-5,10,13H,1-3,6-9,11,18H2. The van der Waals surface area contributed by atoms with E-state index >= 15 is 0 Å². The summed E-state index contributed by atoms with van der Waals surface area (Å²) in [6.07, 6.45) is 5.00. The fourth-order valence-corrected chi connectivity index (χ4v) is 3.48. The van der Waals surface area contributed by atoms with E-state index in [0.717, 1.165) is 19.5 Å². The first-order valence-corrected chi connectivity index (χ1v) is 8.11. The van der Waals surface area contributed by atoms with Crippen LogP contribution in [0.2, 0.25) is 5.02 Å². The number of piperidine rings is 1. The molecule has 1 unspecified atom stereocenters. The molecule has 2 aliphatic heterocycles. The predicted octanol–water partition coefficient (Wildman–Crippen LogP) is 2.62. The largest absolute Gasteiger partial charge is 0.398 e. The second kappa shape index (κ2) is 6.24. The molecule has 2 aliphatic rings. The maximum Gasteiger partial charge on any atom is 0.253 e. The van der Waals surface area contributed by atoms with Gasteiger partial charge >= 0.3 is 0 Å². The first kappa shape index (κ1) is 14.7. The van der Waals surface area contributed by atoms with Gasteiger partial charge in [-0.1, -0.05) is 18.0 Å². The van der Waals surface area contributed by atoms with Gasteiger partial charge < -0.3 is 10.6 Å². The Morgan fingerprint density at radius 3 is 2.67 bits per heavy atom. The summed E-state index contributed by atoms with van der Waals surface area (Å²) in [4.78, 5) is 17.0.